The van der Waals surface area contributed by atoms with E-state index in [1.54, 1.807) is 0 Å². The van der Waals surface area contributed by atoms with Gasteiger partial charge in [-0.15, -0.1) is 0 Å². The van der Waals surface area contributed by atoms with Crippen LogP contribution in [0.15, 0.2) is 109 Å². The van der Waals surface area contributed by atoms with Crippen LogP contribution >= 0.6 is 15.9 Å². The van der Waals surface area contributed by atoms with E-state index < -0.39 is 0 Å². The van der Waals surface area contributed by atoms with E-state index in [0.29, 0.717) is 6.42 Å². The van der Waals surface area contributed by atoms with E-state index >= 15 is 0 Å². The summed E-state index contributed by atoms with van der Waals surface area (Å²) < 4.78 is 0. The van der Waals surface area contributed by atoms with Gasteiger partial charge in [-0.1, -0.05) is 125 Å². The van der Waals surface area contributed by atoms with Crippen molar-refractivity contribution in [2.24, 2.45) is 0 Å². The summed E-state index contributed by atoms with van der Waals surface area (Å²) in [4.78, 5) is 0. The van der Waals surface area contributed by atoms with Crippen molar-refractivity contribution in [1.29, 1.82) is 10.5 Å². The molecule has 0 spiro atoms. The molecule has 4 heteroatoms. The molecule has 0 saturated heterocycles. The van der Waals surface area contributed by atoms with E-state index in [1.165, 1.54) is 55.7 Å². The second-order valence-electron chi connectivity index (χ2n) is 9.38. The fraction of sp³-hybridized carbons (Fsp3) is 0.167. The van der Waals surface area contributed by atoms with Crippen LogP contribution in [0.5, 0.6) is 0 Å². The summed E-state index contributed by atoms with van der Waals surface area (Å²) in [6.45, 7) is 4.75. The third-order valence-corrected chi connectivity index (χ3v) is 7.56. The quantitative estimate of drug-likeness (QED) is 0.163. The maximum Gasteiger partial charge on any atom is 1.00 e. The van der Waals surface area contributed by atoms with Crippen LogP contribution in [0.1, 0.15) is 50.9 Å². The number of alkyl halides is 1. The minimum Gasteiger partial charge on any atom is -0.512 e. The molecule has 192 valence electrons. The molecular weight excluding hydrogens is 579 g/mol. The molecule has 4 aromatic carbocycles. The van der Waals surface area contributed by atoms with E-state index in [9.17, 15) is 0 Å². The Bertz CT molecular complexity index is 1460. The van der Waals surface area contributed by atoms with Crippen LogP contribution < -0.4 is 51.4 Å². The molecule has 4 aromatic rings. The van der Waals surface area contributed by atoms with Gasteiger partial charge in [-0.25, -0.2) is 0 Å². The van der Waals surface area contributed by atoms with Crippen LogP contribution in [-0.2, 0) is 25.7 Å². The summed E-state index contributed by atoms with van der Waals surface area (Å²) in [6.07, 6.45) is 9.19. The van der Waals surface area contributed by atoms with Crippen molar-refractivity contribution in [3.63, 3.8) is 0 Å². The number of nitrogens with zero attached hydrogens (tertiary/aromatic N) is 2. The molecule has 2 nitrogen and oxygen atoms in total. The van der Waals surface area contributed by atoms with Gasteiger partial charge in [0.15, 0.2) is 0 Å². The molecule has 0 saturated carbocycles. The Kier molecular flexibility index (Phi) is 13.3. The van der Waals surface area contributed by atoms with Crippen LogP contribution in [0.3, 0.4) is 0 Å². The van der Waals surface area contributed by atoms with Crippen molar-refractivity contribution in [1.82, 2.24) is 0 Å². The molecule has 0 amide bonds. The third-order valence-electron chi connectivity index (χ3n) is 7.24. The summed E-state index contributed by atoms with van der Waals surface area (Å²) in [5.74, 6) is 0. The first kappa shape index (κ1) is 32.0. The van der Waals surface area contributed by atoms with Crippen LogP contribution in [0.2, 0.25) is 0 Å². The molecule has 0 fully saturated rings. The van der Waals surface area contributed by atoms with Gasteiger partial charge in [-0.2, -0.15) is 5.26 Å². The Hall–Kier alpha value is -2.54. The number of hydrogen-bond donors (Lipinski definition) is 0. The number of benzene rings is 4. The summed E-state index contributed by atoms with van der Waals surface area (Å²) in [5.41, 5.74) is 13.6. The summed E-state index contributed by atoms with van der Waals surface area (Å²) in [5, 5.41) is 16.0. The number of rotatable bonds is 2. The molecule has 0 aromatic heterocycles. The second kappa shape index (κ2) is 16.7. The largest absolute Gasteiger partial charge is 1.00 e. The molecule has 2 aliphatic carbocycles. The van der Waals surface area contributed by atoms with Crippen molar-refractivity contribution in [3.05, 3.63) is 160 Å². The van der Waals surface area contributed by atoms with Gasteiger partial charge in [0.05, 0.1) is 12.5 Å². The standard InChI is InChI=1S/C18H15N.C17H15Br.CN.K/c19-13-5-10-18-16-8-3-1-6-14(16)11-12-15-7-2-4-9-17(15)18;18-12-11-17-15-7-3-1-5-13(15)9-10-14-6-2-4-8-16(14)17;1-2;/h1-4,6-10H,5,11-12H2;1-8,11H,9-10,12H2;;/q;;-1;+1. The van der Waals surface area contributed by atoms with Crippen molar-refractivity contribution in [2.45, 2.75) is 32.1 Å². The van der Waals surface area contributed by atoms with E-state index in [2.05, 4.69) is 131 Å². The van der Waals surface area contributed by atoms with Crippen LogP contribution in [0.25, 0.3) is 11.1 Å². The van der Waals surface area contributed by atoms with Gasteiger partial charge >= 0.3 is 51.4 Å². The maximum atomic E-state index is 8.87. The number of halogens is 1. The summed E-state index contributed by atoms with van der Waals surface area (Å²) >= 11 is 3.54. The number of aryl methyl sites for hydroxylation is 4. The van der Waals surface area contributed by atoms with Crippen molar-refractivity contribution < 1.29 is 51.4 Å². The molecule has 0 unspecified atom stereocenters. The van der Waals surface area contributed by atoms with Gasteiger partial charge in [0.25, 0.3) is 0 Å². The minimum atomic E-state index is 0. The molecule has 0 radical (unpaired) electrons. The van der Waals surface area contributed by atoms with E-state index in [-0.39, 0.29) is 51.4 Å². The zero-order valence-corrected chi connectivity index (χ0v) is 27.6. The van der Waals surface area contributed by atoms with Crippen LogP contribution in [0, 0.1) is 23.2 Å². The third kappa shape index (κ3) is 7.59. The van der Waals surface area contributed by atoms with Crippen molar-refractivity contribution >= 4 is 27.1 Å². The normalized spacial score (nSPS) is 12.2. The first-order valence-electron chi connectivity index (χ1n) is 13.2. The van der Waals surface area contributed by atoms with Gasteiger partial charge in [0, 0.05) is 5.33 Å². The Labute approximate surface area is 289 Å². The average molecular weight is 610 g/mol. The SMILES string of the molecule is BrCC=C1c2ccccc2CCc2ccccc21.N#CCC=C1c2ccccc2CCc2ccccc21.[C-]#N.[K+]. The van der Waals surface area contributed by atoms with E-state index in [0.717, 1.165) is 31.0 Å². The van der Waals surface area contributed by atoms with Gasteiger partial charge in [-0.3, -0.25) is 0 Å². The van der Waals surface area contributed by atoms with E-state index in [1.807, 2.05) is 0 Å². The van der Waals surface area contributed by atoms with Crippen LogP contribution in [0.4, 0.5) is 0 Å². The molecule has 40 heavy (non-hydrogen) atoms. The Morgan fingerprint density at radius 1 is 0.575 bits per heavy atom. The molecule has 6 rings (SSSR count). The monoisotopic (exact) mass is 608 g/mol. The van der Waals surface area contributed by atoms with Gasteiger partial charge in [-0.05, 0) is 81.3 Å². The summed E-state index contributed by atoms with van der Waals surface area (Å²) in [7, 11) is 0. The molecule has 0 N–H and O–H groups in total. The van der Waals surface area contributed by atoms with Crippen molar-refractivity contribution in [2.75, 3.05) is 5.33 Å². The average Bonchev–Trinajstić information content (AvgIpc) is 3.26. The molecule has 0 aliphatic heterocycles. The molecule has 0 heterocycles. The predicted molar refractivity (Wildman–Crippen MR) is 164 cm³/mol. The predicted octanol–water partition coefficient (Wildman–Crippen LogP) is 5.84. The van der Waals surface area contributed by atoms with Gasteiger partial charge < -0.3 is 11.8 Å². The minimum absolute atomic E-state index is 0. The smallest absolute Gasteiger partial charge is 0.512 e. The van der Waals surface area contributed by atoms with Crippen molar-refractivity contribution in [3.8, 4) is 6.07 Å². The maximum absolute atomic E-state index is 8.87. The first-order chi connectivity index (χ1) is 19.3. The molecule has 0 atom stereocenters. The molecule has 2 aliphatic rings. The van der Waals surface area contributed by atoms with E-state index in [4.69, 9.17) is 17.1 Å². The fourth-order valence-electron chi connectivity index (χ4n) is 5.50. The first-order valence-corrected chi connectivity index (χ1v) is 14.3. The summed E-state index contributed by atoms with van der Waals surface area (Å²) in [6, 6.07) is 36.8. The Balaban J connectivity index is 0.000000203. The number of fused-ring (bicyclic) bond motifs is 4. The molecule has 0 bridgehead atoms. The second-order valence-corrected chi connectivity index (χ2v) is 10.0. The fourth-order valence-corrected chi connectivity index (χ4v) is 5.82. The zero-order valence-electron chi connectivity index (χ0n) is 22.9. The van der Waals surface area contributed by atoms with Gasteiger partial charge in [0.1, 0.15) is 0 Å². The number of nitriles is 1. The molecular formula is C36H30BrKN2. The topological polar surface area (TPSA) is 47.6 Å². The zero-order chi connectivity index (χ0) is 27.5. The van der Waals surface area contributed by atoms with Gasteiger partial charge in [0.2, 0.25) is 0 Å². The number of hydrogen-bond acceptors (Lipinski definition) is 2. The Morgan fingerprint density at radius 2 is 0.875 bits per heavy atom. The number of allylic oxidation sites excluding steroid dienone is 2. The van der Waals surface area contributed by atoms with Crippen LogP contribution in [-0.4, -0.2) is 5.33 Å². The Morgan fingerprint density at radius 3 is 1.18 bits per heavy atom.